The molecule has 0 bridgehead atoms. The van der Waals surface area contributed by atoms with Crippen molar-refractivity contribution in [2.24, 2.45) is 5.92 Å². The predicted octanol–water partition coefficient (Wildman–Crippen LogP) is 4.23. The molecule has 1 aliphatic heterocycles. The minimum atomic E-state index is -0.316. The van der Waals surface area contributed by atoms with E-state index in [1.807, 2.05) is 31.2 Å². The molecule has 156 valence electrons. The molecule has 1 aliphatic rings. The summed E-state index contributed by atoms with van der Waals surface area (Å²) in [6, 6.07) is 12.8. The van der Waals surface area contributed by atoms with E-state index in [-0.39, 0.29) is 18.0 Å². The van der Waals surface area contributed by atoms with E-state index in [0.717, 1.165) is 36.3 Å². The number of hydrogen-bond donors (Lipinski definition) is 1. The van der Waals surface area contributed by atoms with Gasteiger partial charge < -0.3 is 10.2 Å². The van der Waals surface area contributed by atoms with Crippen LogP contribution in [-0.2, 0) is 11.3 Å². The number of anilines is 2. The molecular formula is C23H25ClN4O2. The number of aryl methyl sites for hydroxylation is 1. The van der Waals surface area contributed by atoms with Crippen LogP contribution in [0.15, 0.2) is 47.3 Å². The van der Waals surface area contributed by atoms with Crippen molar-refractivity contribution in [2.45, 2.75) is 33.2 Å². The number of hydrogen-bond acceptors (Lipinski definition) is 4. The highest BCUT2D eigenvalue weighted by atomic mass is 35.5. The molecule has 1 atom stereocenters. The highest BCUT2D eigenvalue weighted by molar-refractivity contribution is 6.31. The summed E-state index contributed by atoms with van der Waals surface area (Å²) >= 11 is 6.05. The number of amides is 1. The van der Waals surface area contributed by atoms with Crippen molar-refractivity contribution in [1.29, 1.82) is 0 Å². The largest absolute Gasteiger partial charge is 0.354 e. The van der Waals surface area contributed by atoms with Gasteiger partial charge in [0, 0.05) is 29.2 Å². The zero-order chi connectivity index (χ0) is 21.3. The number of nitrogens with zero attached hydrogens (tertiary/aromatic N) is 3. The van der Waals surface area contributed by atoms with Crippen LogP contribution in [0.1, 0.15) is 25.3 Å². The van der Waals surface area contributed by atoms with Crippen LogP contribution in [0, 0.1) is 12.8 Å². The number of benzene rings is 2. The van der Waals surface area contributed by atoms with Gasteiger partial charge in [-0.25, -0.2) is 4.68 Å². The van der Waals surface area contributed by atoms with Gasteiger partial charge in [0.25, 0.3) is 5.56 Å². The van der Waals surface area contributed by atoms with Gasteiger partial charge in [-0.2, -0.15) is 5.10 Å². The van der Waals surface area contributed by atoms with Crippen LogP contribution in [0.2, 0.25) is 5.02 Å². The number of piperidine rings is 1. The Morgan fingerprint density at radius 2 is 2.00 bits per heavy atom. The second kappa shape index (κ2) is 8.48. The summed E-state index contributed by atoms with van der Waals surface area (Å²) in [6.07, 6.45) is 2.28. The van der Waals surface area contributed by atoms with Crippen molar-refractivity contribution in [3.05, 3.63) is 63.4 Å². The molecule has 4 rings (SSSR count). The Kier molecular flexibility index (Phi) is 5.77. The molecule has 1 amide bonds. The molecule has 0 unspecified atom stereocenters. The Morgan fingerprint density at radius 1 is 1.23 bits per heavy atom. The zero-order valence-corrected chi connectivity index (χ0v) is 17.9. The van der Waals surface area contributed by atoms with Crippen molar-refractivity contribution < 1.29 is 4.79 Å². The Hall–Kier alpha value is -2.86. The molecule has 1 aromatic heterocycles. The Balaban J connectivity index is 1.68. The van der Waals surface area contributed by atoms with Crippen molar-refractivity contribution in [3.8, 4) is 0 Å². The van der Waals surface area contributed by atoms with Crippen LogP contribution in [0.5, 0.6) is 0 Å². The fourth-order valence-electron chi connectivity index (χ4n) is 3.99. The first-order valence-electron chi connectivity index (χ1n) is 10.2. The Morgan fingerprint density at radius 3 is 2.77 bits per heavy atom. The van der Waals surface area contributed by atoms with Crippen molar-refractivity contribution in [2.75, 3.05) is 23.3 Å². The predicted molar refractivity (Wildman–Crippen MR) is 121 cm³/mol. The fraction of sp³-hybridized carbons (Fsp3) is 0.348. The Labute approximate surface area is 180 Å². The van der Waals surface area contributed by atoms with E-state index < -0.39 is 0 Å². The summed E-state index contributed by atoms with van der Waals surface area (Å²) in [7, 11) is 0. The molecular weight excluding hydrogens is 400 g/mol. The molecule has 1 N–H and O–H groups in total. The number of aromatic nitrogens is 2. The molecule has 2 aromatic carbocycles. The smallest absolute Gasteiger partial charge is 0.275 e. The van der Waals surface area contributed by atoms with E-state index in [9.17, 15) is 9.59 Å². The maximum Gasteiger partial charge on any atom is 0.275 e. The maximum absolute atomic E-state index is 13.0. The molecule has 30 heavy (non-hydrogen) atoms. The molecule has 1 fully saturated rings. The summed E-state index contributed by atoms with van der Waals surface area (Å²) in [6.45, 7) is 5.75. The van der Waals surface area contributed by atoms with Crippen LogP contribution < -0.4 is 15.8 Å². The number of halogens is 1. The van der Waals surface area contributed by atoms with Crippen molar-refractivity contribution in [1.82, 2.24) is 9.78 Å². The van der Waals surface area contributed by atoms with E-state index in [1.54, 1.807) is 18.2 Å². The normalized spacial score (nSPS) is 16.6. The number of nitrogens with one attached hydrogen (secondary N) is 1. The number of rotatable bonds is 4. The highest BCUT2D eigenvalue weighted by Crippen LogP contribution is 2.27. The van der Waals surface area contributed by atoms with E-state index in [2.05, 4.69) is 22.2 Å². The van der Waals surface area contributed by atoms with Gasteiger partial charge in [0.15, 0.2) is 5.82 Å². The van der Waals surface area contributed by atoms with Gasteiger partial charge in [0.1, 0.15) is 6.54 Å². The lowest BCUT2D eigenvalue weighted by molar-refractivity contribution is -0.117. The quantitative estimate of drug-likeness (QED) is 0.680. The molecule has 6 nitrogen and oxygen atoms in total. The number of carbonyl (C=O) groups excluding carboxylic acids is 1. The summed E-state index contributed by atoms with van der Waals surface area (Å²) in [4.78, 5) is 28.0. The monoisotopic (exact) mass is 424 g/mol. The minimum absolute atomic E-state index is 0.161. The van der Waals surface area contributed by atoms with Gasteiger partial charge in [0.05, 0.1) is 5.39 Å². The molecule has 2 heterocycles. The average Bonchev–Trinajstić information content (AvgIpc) is 2.73. The third kappa shape index (κ3) is 4.19. The van der Waals surface area contributed by atoms with Gasteiger partial charge in [-0.05, 0) is 49.4 Å². The first-order valence-corrected chi connectivity index (χ1v) is 10.6. The van der Waals surface area contributed by atoms with E-state index in [1.165, 1.54) is 11.1 Å². The van der Waals surface area contributed by atoms with Crippen LogP contribution in [-0.4, -0.2) is 28.8 Å². The minimum Gasteiger partial charge on any atom is -0.354 e. The SMILES string of the molecule is Cc1ccc(Cl)cc1NC(=O)Cn1nc(N2CCC[C@@H](C)C2)c2ccccc2c1=O. The van der Waals surface area contributed by atoms with E-state index in [4.69, 9.17) is 11.6 Å². The second-order valence-corrected chi connectivity index (χ2v) is 8.47. The molecule has 0 radical (unpaired) electrons. The van der Waals surface area contributed by atoms with Crippen molar-refractivity contribution >= 4 is 39.8 Å². The summed E-state index contributed by atoms with van der Waals surface area (Å²) in [5.74, 6) is 1.01. The van der Waals surface area contributed by atoms with Crippen LogP contribution in [0.4, 0.5) is 11.5 Å². The molecule has 0 saturated carbocycles. The number of fused-ring (bicyclic) bond motifs is 1. The highest BCUT2D eigenvalue weighted by Gasteiger charge is 2.22. The molecule has 3 aromatic rings. The molecule has 1 saturated heterocycles. The van der Waals surface area contributed by atoms with Gasteiger partial charge in [-0.1, -0.05) is 42.8 Å². The van der Waals surface area contributed by atoms with Crippen LogP contribution >= 0.6 is 11.6 Å². The Bertz CT molecular complexity index is 1160. The molecule has 0 aliphatic carbocycles. The van der Waals surface area contributed by atoms with Crippen LogP contribution in [0.3, 0.4) is 0 Å². The van der Waals surface area contributed by atoms with Gasteiger partial charge in [-0.15, -0.1) is 0 Å². The van der Waals surface area contributed by atoms with E-state index in [0.29, 0.717) is 22.0 Å². The van der Waals surface area contributed by atoms with E-state index >= 15 is 0 Å². The maximum atomic E-state index is 13.0. The average molecular weight is 425 g/mol. The summed E-state index contributed by atoms with van der Waals surface area (Å²) < 4.78 is 1.27. The lowest BCUT2D eigenvalue weighted by Gasteiger charge is -2.32. The summed E-state index contributed by atoms with van der Waals surface area (Å²) in [5.41, 5.74) is 1.26. The van der Waals surface area contributed by atoms with Crippen molar-refractivity contribution in [3.63, 3.8) is 0 Å². The van der Waals surface area contributed by atoms with Gasteiger partial charge >= 0.3 is 0 Å². The third-order valence-electron chi connectivity index (χ3n) is 5.57. The lowest BCUT2D eigenvalue weighted by atomic mass is 10.00. The second-order valence-electron chi connectivity index (χ2n) is 8.03. The van der Waals surface area contributed by atoms with Gasteiger partial charge in [0.2, 0.25) is 5.91 Å². The third-order valence-corrected chi connectivity index (χ3v) is 5.81. The first-order chi connectivity index (χ1) is 14.4. The first kappa shape index (κ1) is 20.4. The van der Waals surface area contributed by atoms with Crippen LogP contribution in [0.25, 0.3) is 10.8 Å². The topological polar surface area (TPSA) is 67.2 Å². The number of carbonyl (C=O) groups is 1. The standard InChI is InChI=1S/C23H25ClN4O2/c1-15-6-5-11-27(13-15)22-18-7-3-4-8-19(18)23(30)28(26-22)14-21(29)25-20-12-17(24)10-9-16(20)2/h3-4,7-10,12,15H,5-6,11,13-14H2,1-2H3,(H,25,29)/t15-/m1/s1. The fourth-order valence-corrected chi connectivity index (χ4v) is 4.17. The molecule has 7 heteroatoms. The molecule has 0 spiro atoms. The lowest BCUT2D eigenvalue weighted by Crippen LogP contribution is -2.38. The summed E-state index contributed by atoms with van der Waals surface area (Å²) in [5, 5.41) is 9.42. The zero-order valence-electron chi connectivity index (χ0n) is 17.2. The van der Waals surface area contributed by atoms with Gasteiger partial charge in [-0.3, -0.25) is 9.59 Å².